The normalized spacial score (nSPS) is 19.8. The van der Waals surface area contributed by atoms with E-state index in [0.717, 1.165) is 53.2 Å². The third-order valence-electron chi connectivity index (χ3n) is 9.06. The van der Waals surface area contributed by atoms with Crippen molar-refractivity contribution in [2.24, 2.45) is 0 Å². The quantitative estimate of drug-likeness (QED) is 0.289. The number of anilines is 1. The van der Waals surface area contributed by atoms with Crippen molar-refractivity contribution in [3.63, 3.8) is 0 Å². The fraction of sp³-hybridized carbons (Fsp3) is 0.400. The second-order valence-electron chi connectivity index (χ2n) is 13.2. The largest absolute Gasteiger partial charge is 0.481 e. The maximum absolute atomic E-state index is 12.6. The van der Waals surface area contributed by atoms with E-state index >= 15 is 0 Å². The maximum Gasteiger partial charge on any atom is 0.410 e. The molecule has 0 radical (unpaired) electrons. The van der Waals surface area contributed by atoms with Gasteiger partial charge in [0.15, 0.2) is 0 Å². The fourth-order valence-electron chi connectivity index (χ4n) is 6.72. The number of nitrogens with zero attached hydrogens (tertiary/aromatic N) is 8. The molecule has 0 saturated carbocycles. The summed E-state index contributed by atoms with van der Waals surface area (Å²) >= 11 is 0. The summed E-state index contributed by atoms with van der Waals surface area (Å²) in [4.78, 5) is 28.5. The van der Waals surface area contributed by atoms with E-state index in [1.165, 1.54) is 12.0 Å². The first-order valence-corrected chi connectivity index (χ1v) is 15.7. The molecule has 46 heavy (non-hydrogen) atoms. The molecule has 1 amide bonds. The first-order chi connectivity index (χ1) is 22.2. The van der Waals surface area contributed by atoms with Gasteiger partial charge in [0, 0.05) is 80.6 Å². The first kappa shape index (κ1) is 29.7. The molecule has 0 aromatic carbocycles. The molecule has 236 valence electrons. The summed E-state index contributed by atoms with van der Waals surface area (Å²) in [7, 11) is 1.63. The average molecular weight is 619 g/mol. The van der Waals surface area contributed by atoms with Gasteiger partial charge in [-0.05, 0) is 68.5 Å². The molecule has 8 heterocycles. The van der Waals surface area contributed by atoms with Crippen LogP contribution >= 0.6 is 0 Å². The van der Waals surface area contributed by atoms with E-state index in [9.17, 15) is 10.1 Å². The predicted octanol–water partition coefficient (Wildman–Crippen LogP) is 5.16. The van der Waals surface area contributed by atoms with Crippen molar-refractivity contribution in [2.75, 3.05) is 38.2 Å². The average Bonchev–Trinajstić information content (AvgIpc) is 3.50. The van der Waals surface area contributed by atoms with Crippen LogP contribution in [0.3, 0.4) is 0 Å². The predicted molar refractivity (Wildman–Crippen MR) is 174 cm³/mol. The third-order valence-corrected chi connectivity index (χ3v) is 9.06. The summed E-state index contributed by atoms with van der Waals surface area (Å²) in [6.45, 7) is 9.42. The van der Waals surface area contributed by atoms with Crippen LogP contribution in [-0.2, 0) is 11.3 Å². The zero-order valence-electron chi connectivity index (χ0n) is 26.7. The van der Waals surface area contributed by atoms with Gasteiger partial charge in [-0.25, -0.2) is 19.3 Å². The number of carbonyl (C=O) groups excluding carboxylic acids is 1. The minimum absolute atomic E-state index is 0.302. The Morgan fingerprint density at radius 1 is 1.07 bits per heavy atom. The lowest BCUT2D eigenvalue weighted by molar-refractivity contribution is -0.00876. The molecule has 8 rings (SSSR count). The molecule has 0 aliphatic carbocycles. The lowest BCUT2D eigenvalue weighted by atomic mass is 9.87. The van der Waals surface area contributed by atoms with Crippen LogP contribution in [0.4, 0.5) is 10.6 Å². The second kappa shape index (κ2) is 11.8. The van der Waals surface area contributed by atoms with Gasteiger partial charge in [0.25, 0.3) is 0 Å². The molecular weight excluding hydrogens is 580 g/mol. The van der Waals surface area contributed by atoms with E-state index in [4.69, 9.17) is 14.5 Å². The Labute approximate surface area is 268 Å². The van der Waals surface area contributed by atoms with Gasteiger partial charge in [0.1, 0.15) is 17.5 Å². The van der Waals surface area contributed by atoms with E-state index in [-0.39, 0.29) is 6.09 Å². The van der Waals surface area contributed by atoms with E-state index in [2.05, 4.69) is 56.3 Å². The molecule has 2 unspecified atom stereocenters. The first-order valence-electron chi connectivity index (χ1n) is 15.7. The molecule has 2 atom stereocenters. The highest BCUT2D eigenvalue weighted by molar-refractivity contribution is 5.87. The molecule has 0 spiro atoms. The molecule has 4 aliphatic heterocycles. The Morgan fingerprint density at radius 2 is 1.89 bits per heavy atom. The van der Waals surface area contributed by atoms with Gasteiger partial charge < -0.3 is 19.3 Å². The Kier molecular flexibility index (Phi) is 7.61. The molecule has 11 nitrogen and oxygen atoms in total. The van der Waals surface area contributed by atoms with Crippen molar-refractivity contribution in [3.05, 3.63) is 77.9 Å². The smallest absolute Gasteiger partial charge is 0.410 e. The topological polar surface area (TPSA) is 112 Å². The zero-order chi connectivity index (χ0) is 32.0. The minimum Gasteiger partial charge on any atom is -0.481 e. The number of hydrogen-bond donors (Lipinski definition) is 0. The van der Waals surface area contributed by atoms with Crippen molar-refractivity contribution in [1.29, 1.82) is 5.26 Å². The van der Waals surface area contributed by atoms with Crippen LogP contribution in [0.1, 0.15) is 50.3 Å². The number of pyridine rings is 3. The summed E-state index contributed by atoms with van der Waals surface area (Å²) in [5, 5.41) is 14.4. The van der Waals surface area contributed by atoms with Crippen LogP contribution in [0.25, 0.3) is 22.2 Å². The summed E-state index contributed by atoms with van der Waals surface area (Å²) in [6.07, 6.45) is 11.0. The van der Waals surface area contributed by atoms with Crippen LogP contribution in [-0.4, -0.2) is 86.4 Å². The van der Waals surface area contributed by atoms with Gasteiger partial charge in [-0.2, -0.15) is 10.4 Å². The number of carbonyl (C=O) groups is 1. The monoisotopic (exact) mass is 618 g/mol. The van der Waals surface area contributed by atoms with Crippen molar-refractivity contribution in [1.82, 2.24) is 29.4 Å². The summed E-state index contributed by atoms with van der Waals surface area (Å²) < 4.78 is 12.5. The van der Waals surface area contributed by atoms with Crippen molar-refractivity contribution in [3.8, 4) is 23.1 Å². The third kappa shape index (κ3) is 5.76. The highest BCUT2D eigenvalue weighted by atomic mass is 16.6. The Morgan fingerprint density at radius 3 is 2.52 bits per heavy atom. The van der Waals surface area contributed by atoms with E-state index in [1.54, 1.807) is 22.7 Å². The molecule has 0 N–H and O–H groups in total. The fourth-order valence-corrected chi connectivity index (χ4v) is 6.72. The standard InChI is InChI=1S/C35H38N8O3/c1-35(2,3)46-34(44)40-11-9-24(10-12-40)26-13-30(33-27(15-36)18-39-43(33)20-26)25-6-7-31(37-17-25)41-21-28-14-29(22-41)42(28)19-23-5-8-32(45-4)38-16-23/h5-9,13,16-18,20,28-29H,10-12,14,19,21-22H2,1-4H3. The zero-order valence-corrected chi connectivity index (χ0v) is 26.7. The molecule has 3 fully saturated rings. The summed E-state index contributed by atoms with van der Waals surface area (Å²) in [5.41, 5.74) is 5.90. The van der Waals surface area contributed by atoms with Gasteiger partial charge in [-0.3, -0.25) is 4.90 Å². The molecular formula is C35H38N8O3. The van der Waals surface area contributed by atoms with Gasteiger partial charge in [0.2, 0.25) is 5.88 Å². The van der Waals surface area contributed by atoms with E-state index < -0.39 is 5.60 Å². The number of piperazine rings is 1. The van der Waals surface area contributed by atoms with E-state index in [1.807, 2.05) is 45.4 Å². The molecule has 4 aliphatic rings. The Hall–Kier alpha value is -4.95. The van der Waals surface area contributed by atoms with Crippen LogP contribution in [0, 0.1) is 11.3 Å². The number of piperidine rings is 1. The number of nitriles is 1. The van der Waals surface area contributed by atoms with Crippen molar-refractivity contribution in [2.45, 2.75) is 57.8 Å². The van der Waals surface area contributed by atoms with Crippen LogP contribution in [0.5, 0.6) is 5.88 Å². The lowest BCUT2D eigenvalue weighted by Crippen LogP contribution is -2.68. The number of methoxy groups -OCH3 is 1. The number of aromatic nitrogens is 4. The van der Waals surface area contributed by atoms with Crippen LogP contribution < -0.4 is 9.64 Å². The van der Waals surface area contributed by atoms with Gasteiger partial charge >= 0.3 is 6.09 Å². The Bertz CT molecular complexity index is 1820. The number of rotatable bonds is 6. The number of amides is 1. The molecule has 11 heteroatoms. The highest BCUT2D eigenvalue weighted by Crippen LogP contribution is 2.37. The lowest BCUT2D eigenvalue weighted by Gasteiger charge is -2.56. The number of fused-ring (bicyclic) bond motifs is 3. The highest BCUT2D eigenvalue weighted by Gasteiger charge is 2.44. The minimum atomic E-state index is -0.534. The summed E-state index contributed by atoms with van der Waals surface area (Å²) in [5.74, 6) is 1.60. The Balaban J connectivity index is 1.08. The number of hydrogen-bond acceptors (Lipinski definition) is 9. The van der Waals surface area contributed by atoms with Gasteiger partial charge in [-0.15, -0.1) is 0 Å². The SMILES string of the molecule is COc1ccc(CN2C3CC2CN(c2ccc(-c4cc(C5=CCN(C(=O)OC(C)(C)C)CC5)cn5ncc(C#N)c45)cn2)C3)cn1. The van der Waals surface area contributed by atoms with Crippen LogP contribution in [0.15, 0.2) is 61.2 Å². The molecule has 2 bridgehead atoms. The number of ether oxygens (including phenoxy) is 2. The van der Waals surface area contributed by atoms with E-state index in [0.29, 0.717) is 43.0 Å². The van der Waals surface area contributed by atoms with Gasteiger partial charge in [0.05, 0.1) is 24.4 Å². The molecule has 4 aromatic heterocycles. The molecule has 3 saturated heterocycles. The van der Waals surface area contributed by atoms with Crippen molar-refractivity contribution >= 4 is 23.0 Å². The summed E-state index contributed by atoms with van der Waals surface area (Å²) in [6, 6.07) is 13.6. The maximum atomic E-state index is 12.6. The molecule has 4 aromatic rings. The van der Waals surface area contributed by atoms with Gasteiger partial charge in [-0.1, -0.05) is 12.1 Å². The van der Waals surface area contributed by atoms with Crippen molar-refractivity contribution < 1.29 is 14.3 Å². The second-order valence-corrected chi connectivity index (χ2v) is 13.2. The van der Waals surface area contributed by atoms with Crippen LogP contribution in [0.2, 0.25) is 0 Å².